The number of nitrogens with zero attached hydrogens (tertiary/aromatic N) is 1. The highest BCUT2D eigenvalue weighted by Gasteiger charge is 2.33. The number of hydrogen-bond acceptors (Lipinski definition) is 5. The Bertz CT molecular complexity index is 726. The van der Waals surface area contributed by atoms with E-state index in [-0.39, 0.29) is 31.3 Å². The molecule has 0 spiro atoms. The van der Waals surface area contributed by atoms with Gasteiger partial charge in [0.25, 0.3) is 0 Å². The van der Waals surface area contributed by atoms with Crippen LogP contribution in [0.5, 0.6) is 0 Å². The van der Waals surface area contributed by atoms with Crippen molar-refractivity contribution >= 4 is 46.1 Å². The van der Waals surface area contributed by atoms with Gasteiger partial charge >= 0.3 is 18.0 Å². The molecule has 0 fully saturated rings. The van der Waals surface area contributed by atoms with Crippen LogP contribution in [0.3, 0.4) is 0 Å². The lowest BCUT2D eigenvalue weighted by Crippen LogP contribution is -2.58. The smallest absolute Gasteiger partial charge is 0.343 e. The summed E-state index contributed by atoms with van der Waals surface area (Å²) in [4.78, 5) is 47.6. The van der Waals surface area contributed by atoms with Crippen LogP contribution in [0.4, 0.5) is 15.3 Å². The molecule has 160 valence electrons. The lowest BCUT2D eigenvalue weighted by atomic mass is 9.84. The van der Waals surface area contributed by atoms with E-state index in [1.165, 1.54) is 0 Å². The maximum Gasteiger partial charge on any atom is 0.343 e. The van der Waals surface area contributed by atoms with Crippen LogP contribution in [0.15, 0.2) is 28.7 Å². The highest BCUT2D eigenvalue weighted by Crippen LogP contribution is 2.23. The predicted octanol–water partition coefficient (Wildman–Crippen LogP) is 3.41. The molecule has 0 saturated carbocycles. The molecule has 0 saturated heterocycles. The number of hydrazine groups is 1. The number of hydrogen-bond donors (Lipinski definition) is 3. The molecule has 0 radical (unpaired) electrons. The second-order valence-electron chi connectivity index (χ2n) is 6.86. The van der Waals surface area contributed by atoms with Gasteiger partial charge in [0.15, 0.2) is 0 Å². The van der Waals surface area contributed by atoms with Crippen LogP contribution in [0.2, 0.25) is 0 Å². The maximum absolute atomic E-state index is 12.5. The van der Waals surface area contributed by atoms with E-state index in [0.717, 1.165) is 4.47 Å². The summed E-state index contributed by atoms with van der Waals surface area (Å²) < 4.78 is 5.76. The van der Waals surface area contributed by atoms with Crippen LogP contribution in [0.25, 0.3) is 0 Å². The Labute approximate surface area is 178 Å². The first-order valence-electron chi connectivity index (χ1n) is 9.16. The molecule has 0 aliphatic heterocycles. The Morgan fingerprint density at radius 2 is 1.86 bits per heavy atom. The summed E-state index contributed by atoms with van der Waals surface area (Å²) >= 11 is 3.29. The summed E-state index contributed by atoms with van der Waals surface area (Å²) in [6.07, 6.45) is 0.622. The van der Waals surface area contributed by atoms with E-state index < -0.39 is 17.6 Å². The van der Waals surface area contributed by atoms with Gasteiger partial charge in [-0.05, 0) is 50.5 Å². The summed E-state index contributed by atoms with van der Waals surface area (Å²) in [6, 6.07) is 5.20. The molecule has 9 nitrogen and oxygen atoms in total. The predicted molar refractivity (Wildman–Crippen MR) is 112 cm³/mol. The van der Waals surface area contributed by atoms with E-state index in [0.29, 0.717) is 17.1 Å². The minimum absolute atomic E-state index is 0.0500. The molecular weight excluding hydrogens is 444 g/mol. The van der Waals surface area contributed by atoms with Gasteiger partial charge in [-0.1, -0.05) is 29.8 Å². The van der Waals surface area contributed by atoms with Gasteiger partial charge in [-0.25, -0.2) is 15.0 Å². The number of amides is 5. The van der Waals surface area contributed by atoms with Gasteiger partial charge in [0.2, 0.25) is 6.41 Å². The van der Waals surface area contributed by atoms with Gasteiger partial charge < -0.3 is 15.4 Å². The third-order valence-electron chi connectivity index (χ3n) is 4.47. The average molecular weight is 471 g/mol. The summed E-state index contributed by atoms with van der Waals surface area (Å²) in [6.45, 7) is 7.52. The van der Waals surface area contributed by atoms with Crippen molar-refractivity contribution in [2.45, 2.75) is 46.1 Å². The molecule has 0 heterocycles. The van der Waals surface area contributed by atoms with Crippen LogP contribution in [-0.2, 0) is 14.3 Å². The zero-order valence-corrected chi connectivity index (χ0v) is 18.5. The van der Waals surface area contributed by atoms with Gasteiger partial charge in [0.1, 0.15) is 0 Å². The Morgan fingerprint density at radius 3 is 2.38 bits per heavy atom. The minimum atomic E-state index is -0.814. The summed E-state index contributed by atoms with van der Waals surface area (Å²) in [5.74, 6) is -0.418. The van der Waals surface area contributed by atoms with Crippen LogP contribution >= 0.6 is 15.9 Å². The molecule has 1 aromatic rings. The van der Waals surface area contributed by atoms with Gasteiger partial charge in [0.05, 0.1) is 6.61 Å². The molecule has 3 N–H and O–H groups in total. The van der Waals surface area contributed by atoms with E-state index >= 15 is 0 Å². The van der Waals surface area contributed by atoms with Crippen molar-refractivity contribution in [3.8, 4) is 0 Å². The standard InChI is InChI=1S/C19H27BrN4O5/c1-5-29-16(26)10-11-19(4,13(2)3)22-18(28)24(12-25)23-17(27)21-15-8-6-14(20)7-9-15/h6-9,12-13H,5,10-11H2,1-4H3,(H,22,28)(H2,21,23,27). The Morgan fingerprint density at radius 1 is 1.24 bits per heavy atom. The normalized spacial score (nSPS) is 12.5. The first-order chi connectivity index (χ1) is 13.6. The number of anilines is 1. The van der Waals surface area contributed by atoms with Crippen molar-refractivity contribution in [1.82, 2.24) is 15.8 Å². The number of benzene rings is 1. The van der Waals surface area contributed by atoms with Crippen molar-refractivity contribution in [1.29, 1.82) is 0 Å². The fraction of sp³-hybridized carbons (Fsp3) is 0.474. The zero-order valence-electron chi connectivity index (χ0n) is 17.0. The van der Waals surface area contributed by atoms with E-state index in [1.807, 2.05) is 13.8 Å². The third-order valence-corrected chi connectivity index (χ3v) is 5.00. The topological polar surface area (TPSA) is 117 Å². The molecule has 0 aromatic heterocycles. The first kappa shape index (κ1) is 24.4. The maximum atomic E-state index is 12.5. The summed E-state index contributed by atoms with van der Waals surface area (Å²) in [5.41, 5.74) is 1.86. The lowest BCUT2D eigenvalue weighted by Gasteiger charge is -2.35. The van der Waals surface area contributed by atoms with Crippen molar-refractivity contribution < 1.29 is 23.9 Å². The zero-order chi connectivity index (χ0) is 22.0. The van der Waals surface area contributed by atoms with E-state index in [2.05, 4.69) is 32.0 Å². The molecule has 10 heteroatoms. The monoisotopic (exact) mass is 470 g/mol. The second kappa shape index (κ2) is 11.4. The van der Waals surface area contributed by atoms with Crippen molar-refractivity contribution in [2.24, 2.45) is 5.92 Å². The Hall–Kier alpha value is -2.62. The molecule has 1 unspecified atom stereocenters. The molecule has 1 aromatic carbocycles. The Balaban J connectivity index is 2.72. The molecule has 0 bridgehead atoms. The van der Waals surface area contributed by atoms with Crippen LogP contribution < -0.4 is 16.1 Å². The molecule has 1 rings (SSSR count). The van der Waals surface area contributed by atoms with Gasteiger partial charge in [-0.2, -0.15) is 5.01 Å². The van der Waals surface area contributed by atoms with E-state index in [4.69, 9.17) is 4.74 Å². The fourth-order valence-corrected chi connectivity index (χ4v) is 2.59. The Kier molecular flexibility index (Phi) is 9.60. The van der Waals surface area contributed by atoms with E-state index in [9.17, 15) is 19.2 Å². The number of imide groups is 1. The van der Waals surface area contributed by atoms with E-state index in [1.54, 1.807) is 38.1 Å². The first-order valence-corrected chi connectivity index (χ1v) is 9.96. The number of ether oxygens (including phenoxy) is 1. The molecule has 0 aliphatic rings. The number of urea groups is 2. The largest absolute Gasteiger partial charge is 0.466 e. The summed E-state index contributed by atoms with van der Waals surface area (Å²) in [5, 5.41) is 5.75. The van der Waals surface area contributed by atoms with Crippen molar-refractivity contribution in [2.75, 3.05) is 11.9 Å². The highest BCUT2D eigenvalue weighted by atomic mass is 79.9. The molecule has 0 aliphatic carbocycles. The molecule has 5 amide bonds. The SMILES string of the molecule is CCOC(=O)CCC(C)(NC(=O)N(C=O)NC(=O)Nc1ccc(Br)cc1)C(C)C. The van der Waals surface area contributed by atoms with Crippen LogP contribution in [0, 0.1) is 5.92 Å². The number of carbonyl (C=O) groups is 4. The number of nitrogens with one attached hydrogen (secondary N) is 3. The third kappa shape index (κ3) is 8.10. The number of rotatable bonds is 8. The number of esters is 1. The molecule has 1 atom stereocenters. The number of carbonyl (C=O) groups excluding carboxylic acids is 4. The van der Waals surface area contributed by atoms with Gasteiger partial charge in [-0.15, -0.1) is 0 Å². The van der Waals surface area contributed by atoms with Crippen molar-refractivity contribution in [3.05, 3.63) is 28.7 Å². The summed E-state index contributed by atoms with van der Waals surface area (Å²) in [7, 11) is 0. The minimum Gasteiger partial charge on any atom is -0.466 e. The van der Waals surface area contributed by atoms with Crippen molar-refractivity contribution in [3.63, 3.8) is 0 Å². The quantitative estimate of drug-likeness (QED) is 0.305. The second-order valence-corrected chi connectivity index (χ2v) is 7.77. The van der Waals surface area contributed by atoms with Crippen LogP contribution in [0.1, 0.15) is 40.5 Å². The lowest BCUT2D eigenvalue weighted by molar-refractivity contribution is -0.143. The van der Waals surface area contributed by atoms with Gasteiger partial charge in [0, 0.05) is 22.1 Å². The fourth-order valence-electron chi connectivity index (χ4n) is 2.32. The molecule has 29 heavy (non-hydrogen) atoms. The average Bonchev–Trinajstić information content (AvgIpc) is 2.66. The van der Waals surface area contributed by atoms with Gasteiger partial charge in [-0.3, -0.25) is 9.59 Å². The van der Waals surface area contributed by atoms with Crippen LogP contribution in [-0.4, -0.2) is 41.6 Å². The highest BCUT2D eigenvalue weighted by molar-refractivity contribution is 9.10. The molecular formula is C19H27BrN4O5. The number of halogens is 1.